The number of amides is 2. The first-order valence-electron chi connectivity index (χ1n) is 12.8. The molecule has 2 aliphatic rings. The van der Waals surface area contributed by atoms with Crippen LogP contribution in [-0.2, 0) is 4.79 Å². The third kappa shape index (κ3) is 7.83. The lowest BCUT2D eigenvalue weighted by Gasteiger charge is -2.41. The van der Waals surface area contributed by atoms with Gasteiger partial charge in [-0.15, -0.1) is 11.8 Å². The van der Waals surface area contributed by atoms with Crippen molar-refractivity contribution in [1.29, 1.82) is 0 Å². The van der Waals surface area contributed by atoms with Crippen LogP contribution in [0.4, 0.5) is 14.3 Å². The van der Waals surface area contributed by atoms with Crippen molar-refractivity contribution in [1.82, 2.24) is 9.88 Å². The molecule has 1 heterocycles. The number of carboxylic acids is 1. The molecule has 36 heavy (non-hydrogen) atoms. The third-order valence-electron chi connectivity index (χ3n) is 7.00. The van der Waals surface area contributed by atoms with E-state index in [1.54, 1.807) is 18.3 Å². The zero-order valence-electron chi connectivity index (χ0n) is 20.4. The molecule has 1 aromatic heterocycles. The maximum atomic E-state index is 13.5. The zero-order chi connectivity index (χ0) is 25.3. The number of carbonyl (C=O) groups is 2. The number of anilines is 1. The van der Waals surface area contributed by atoms with Crippen LogP contribution in [0.25, 0.3) is 0 Å². The van der Waals surface area contributed by atoms with Gasteiger partial charge in [0.2, 0.25) is 0 Å². The third-order valence-corrected chi connectivity index (χ3v) is 9.09. The van der Waals surface area contributed by atoms with Crippen LogP contribution in [0.15, 0.2) is 34.7 Å². The number of hydrogen-bond donors (Lipinski definition) is 2. The summed E-state index contributed by atoms with van der Waals surface area (Å²) < 4.78 is 19.8. The number of ether oxygens (including phenoxy) is 1. The first-order chi connectivity index (χ1) is 17.5. The summed E-state index contributed by atoms with van der Waals surface area (Å²) in [7, 11) is 0. The predicted molar refractivity (Wildman–Crippen MR) is 140 cm³/mol. The molecule has 2 amide bonds. The van der Waals surface area contributed by atoms with E-state index < -0.39 is 5.97 Å². The van der Waals surface area contributed by atoms with Crippen molar-refractivity contribution in [2.75, 3.05) is 17.7 Å². The van der Waals surface area contributed by atoms with Gasteiger partial charge in [-0.3, -0.25) is 10.1 Å². The Labute approximate surface area is 219 Å². The predicted octanol–water partition coefficient (Wildman–Crippen LogP) is 6.65. The van der Waals surface area contributed by atoms with Crippen LogP contribution in [0.2, 0.25) is 0 Å². The van der Waals surface area contributed by atoms with E-state index in [1.165, 1.54) is 48.1 Å². The minimum Gasteiger partial charge on any atom is -0.493 e. The van der Waals surface area contributed by atoms with E-state index in [0.29, 0.717) is 23.4 Å². The van der Waals surface area contributed by atoms with Crippen molar-refractivity contribution < 1.29 is 23.8 Å². The number of halogens is 1. The molecule has 196 valence electrons. The summed E-state index contributed by atoms with van der Waals surface area (Å²) in [5, 5.41) is 12.4. The Morgan fingerprint density at radius 2 is 1.72 bits per heavy atom. The second-order valence-corrected chi connectivity index (χ2v) is 11.9. The molecule has 1 aromatic carbocycles. The lowest BCUT2D eigenvalue weighted by Crippen LogP contribution is -2.50. The summed E-state index contributed by atoms with van der Waals surface area (Å²) >= 11 is 2.52. The van der Waals surface area contributed by atoms with Crippen molar-refractivity contribution in [2.24, 2.45) is 5.92 Å². The molecule has 0 saturated heterocycles. The maximum absolute atomic E-state index is 13.5. The van der Waals surface area contributed by atoms with E-state index >= 15 is 0 Å². The highest BCUT2D eigenvalue weighted by molar-refractivity contribution is 8.01. The van der Waals surface area contributed by atoms with Crippen molar-refractivity contribution in [2.45, 2.75) is 80.5 Å². The number of aliphatic carboxylic acids is 1. The summed E-state index contributed by atoms with van der Waals surface area (Å²) in [6.45, 7) is 0.601. The normalized spacial score (nSPS) is 20.9. The summed E-state index contributed by atoms with van der Waals surface area (Å²) in [6.07, 6.45) is 12.2. The molecule has 0 bridgehead atoms. The van der Waals surface area contributed by atoms with Gasteiger partial charge in [0.25, 0.3) is 0 Å². The molecule has 2 aliphatic carbocycles. The molecule has 0 atom stereocenters. The molecule has 2 saturated carbocycles. The number of carbonyl (C=O) groups excluding carboxylic acids is 1. The molecule has 0 unspecified atom stereocenters. The molecule has 4 rings (SSSR count). The number of urea groups is 1. The number of carboxylic acid groups (broad SMARTS) is 1. The Balaban J connectivity index is 1.36. The van der Waals surface area contributed by atoms with Crippen LogP contribution in [0.5, 0.6) is 5.75 Å². The zero-order valence-corrected chi connectivity index (χ0v) is 22.0. The van der Waals surface area contributed by atoms with Crippen LogP contribution in [-0.4, -0.2) is 51.4 Å². The van der Waals surface area contributed by atoms with Gasteiger partial charge in [0.05, 0.1) is 22.8 Å². The van der Waals surface area contributed by atoms with Crippen molar-refractivity contribution in [3.05, 3.63) is 36.3 Å². The van der Waals surface area contributed by atoms with Crippen molar-refractivity contribution >= 4 is 40.2 Å². The number of nitrogens with zero attached hydrogens (tertiary/aromatic N) is 2. The SMILES string of the molecule is O=C(O)CSc1cnc(NC(=O)N(C2CCCCCC2)C2CCC(COc3ccc(F)cc3)CC2)s1. The van der Waals surface area contributed by atoms with E-state index in [4.69, 9.17) is 9.84 Å². The van der Waals surface area contributed by atoms with Crippen LogP contribution in [0.1, 0.15) is 64.2 Å². The fraction of sp³-hybridized carbons (Fsp3) is 0.577. The van der Waals surface area contributed by atoms with Crippen LogP contribution >= 0.6 is 23.1 Å². The van der Waals surface area contributed by atoms with Gasteiger partial charge in [-0.05, 0) is 68.7 Å². The number of hydrogen-bond acceptors (Lipinski definition) is 6. The smallest absolute Gasteiger partial charge is 0.324 e. The molecule has 7 nitrogen and oxygen atoms in total. The number of nitrogens with one attached hydrogen (secondary N) is 1. The van der Waals surface area contributed by atoms with Crippen LogP contribution in [0, 0.1) is 11.7 Å². The summed E-state index contributed by atoms with van der Waals surface area (Å²) in [4.78, 5) is 30.8. The van der Waals surface area contributed by atoms with Crippen molar-refractivity contribution in [3.8, 4) is 5.75 Å². The van der Waals surface area contributed by atoms with E-state index in [9.17, 15) is 14.0 Å². The highest BCUT2D eigenvalue weighted by atomic mass is 32.2. The summed E-state index contributed by atoms with van der Waals surface area (Å²) in [6, 6.07) is 6.43. The molecular weight excluding hydrogens is 501 g/mol. The number of thiazole rings is 1. The topological polar surface area (TPSA) is 91.8 Å². The van der Waals surface area contributed by atoms with Gasteiger partial charge in [-0.2, -0.15) is 0 Å². The average Bonchev–Trinajstić information content (AvgIpc) is 3.15. The fourth-order valence-electron chi connectivity index (χ4n) is 5.17. The number of thioether (sulfide) groups is 1. The highest BCUT2D eigenvalue weighted by Gasteiger charge is 2.34. The monoisotopic (exact) mass is 535 g/mol. The molecule has 0 radical (unpaired) electrons. The summed E-state index contributed by atoms with van der Waals surface area (Å²) in [5.41, 5.74) is 0. The van der Waals surface area contributed by atoms with E-state index in [2.05, 4.69) is 15.2 Å². The largest absolute Gasteiger partial charge is 0.493 e. The van der Waals surface area contributed by atoms with E-state index in [1.807, 2.05) is 0 Å². The molecule has 2 N–H and O–H groups in total. The molecular formula is C26H34FN3O4S2. The van der Waals surface area contributed by atoms with Gasteiger partial charge in [-0.1, -0.05) is 37.0 Å². The first-order valence-corrected chi connectivity index (χ1v) is 14.6. The molecule has 0 aliphatic heterocycles. The molecule has 2 aromatic rings. The average molecular weight is 536 g/mol. The second kappa shape index (κ2) is 13.3. The quantitative estimate of drug-likeness (QED) is 0.276. The van der Waals surface area contributed by atoms with E-state index in [0.717, 1.165) is 55.6 Å². The number of aromatic nitrogens is 1. The highest BCUT2D eigenvalue weighted by Crippen LogP contribution is 2.34. The standard InChI is InChI=1S/C26H34FN3O4S2/c27-19-9-13-22(14-10-19)34-16-18-7-11-21(12-8-18)30(20-5-3-1-2-4-6-20)26(33)29-25-28-15-24(36-25)35-17-23(31)32/h9-10,13-15,18,20-21H,1-8,11-12,16-17H2,(H,31,32)(H,28,29,33). The minimum atomic E-state index is -0.878. The molecule has 0 spiro atoms. The molecule has 10 heteroatoms. The Morgan fingerprint density at radius 1 is 1.06 bits per heavy atom. The van der Waals surface area contributed by atoms with Gasteiger partial charge in [0.1, 0.15) is 11.6 Å². The van der Waals surface area contributed by atoms with Crippen LogP contribution in [0.3, 0.4) is 0 Å². The van der Waals surface area contributed by atoms with E-state index in [-0.39, 0.29) is 29.7 Å². The van der Waals surface area contributed by atoms with Gasteiger partial charge in [-0.25, -0.2) is 14.2 Å². The van der Waals surface area contributed by atoms with Crippen LogP contribution < -0.4 is 10.1 Å². The van der Waals surface area contributed by atoms with Gasteiger partial charge >= 0.3 is 12.0 Å². The summed E-state index contributed by atoms with van der Waals surface area (Å²) in [5.74, 6) is -0.0805. The lowest BCUT2D eigenvalue weighted by molar-refractivity contribution is -0.133. The number of rotatable bonds is 9. The lowest BCUT2D eigenvalue weighted by atomic mass is 9.85. The number of benzene rings is 1. The van der Waals surface area contributed by atoms with Crippen molar-refractivity contribution in [3.63, 3.8) is 0 Å². The second-order valence-electron chi connectivity index (χ2n) is 9.59. The van der Waals surface area contributed by atoms with Gasteiger partial charge in [0, 0.05) is 12.1 Å². The minimum absolute atomic E-state index is 0.0299. The Kier molecular flexibility index (Phi) is 9.86. The van der Waals surface area contributed by atoms with Gasteiger partial charge < -0.3 is 14.7 Å². The first kappa shape index (κ1) is 26.7. The maximum Gasteiger partial charge on any atom is 0.324 e. The fourth-order valence-corrected chi connectivity index (χ4v) is 6.76. The Bertz CT molecular complexity index is 987. The Hall–Kier alpha value is -2.33. The molecule has 2 fully saturated rings. The van der Waals surface area contributed by atoms with Gasteiger partial charge in [0.15, 0.2) is 5.13 Å². The Morgan fingerprint density at radius 3 is 2.39 bits per heavy atom.